The first kappa shape index (κ1) is 13.0. The van der Waals surface area contributed by atoms with Crippen molar-refractivity contribution >= 4 is 5.91 Å². The molecule has 0 aromatic carbocycles. The van der Waals surface area contributed by atoms with Gasteiger partial charge >= 0.3 is 0 Å². The number of terminal acetylenes is 1. The highest BCUT2D eigenvalue weighted by molar-refractivity contribution is 5.82. The number of nitrogens with one attached hydrogen (secondary N) is 2. The Bertz CT molecular complexity index is 374. The molecule has 0 spiro atoms. The van der Waals surface area contributed by atoms with Crippen molar-refractivity contribution in [3.05, 3.63) is 0 Å². The monoisotopic (exact) mass is 260 g/mol. The maximum absolute atomic E-state index is 12.3. The lowest BCUT2D eigenvalue weighted by atomic mass is 9.53. The van der Waals surface area contributed by atoms with Gasteiger partial charge in [-0.05, 0) is 63.2 Å². The molecular formula is C16H24N2O. The minimum absolute atomic E-state index is 0.109. The molecule has 4 rings (SSSR count). The summed E-state index contributed by atoms with van der Waals surface area (Å²) in [5.74, 6) is 5.23. The smallest absolute Gasteiger partial charge is 0.237 e. The fraction of sp³-hybridized carbons (Fsp3) is 0.812. The number of hydrogen-bond donors (Lipinski definition) is 2. The summed E-state index contributed by atoms with van der Waals surface area (Å²) in [6, 6.07) is -0.191. The van der Waals surface area contributed by atoms with E-state index >= 15 is 0 Å². The molecule has 4 bridgehead atoms. The Morgan fingerprint density at radius 2 is 1.79 bits per heavy atom. The molecule has 4 saturated carbocycles. The molecule has 4 aliphatic carbocycles. The number of carbonyl (C=O) groups excluding carboxylic acids is 1. The van der Waals surface area contributed by atoms with E-state index in [1.807, 2.05) is 6.92 Å². The van der Waals surface area contributed by atoms with Crippen molar-refractivity contribution in [2.24, 2.45) is 17.8 Å². The predicted octanol–water partition coefficient (Wildman–Crippen LogP) is 1.68. The van der Waals surface area contributed by atoms with Crippen LogP contribution in [0.2, 0.25) is 0 Å². The van der Waals surface area contributed by atoms with Crippen LogP contribution in [0.5, 0.6) is 0 Å². The Morgan fingerprint density at radius 3 is 2.26 bits per heavy atom. The van der Waals surface area contributed by atoms with E-state index in [2.05, 4.69) is 16.6 Å². The average Bonchev–Trinajstić information content (AvgIpc) is 2.33. The molecule has 3 nitrogen and oxygen atoms in total. The SMILES string of the molecule is C#CCNC(C)C(=O)NC12CC3CC(CC(C3)C1)C2. The summed E-state index contributed by atoms with van der Waals surface area (Å²) in [4.78, 5) is 12.3. The lowest BCUT2D eigenvalue weighted by Gasteiger charge is -2.57. The molecule has 2 N–H and O–H groups in total. The molecule has 0 aromatic rings. The zero-order valence-corrected chi connectivity index (χ0v) is 11.7. The molecule has 0 saturated heterocycles. The fourth-order valence-electron chi connectivity index (χ4n) is 4.94. The van der Waals surface area contributed by atoms with Crippen LogP contribution in [0.1, 0.15) is 45.4 Å². The summed E-state index contributed by atoms with van der Waals surface area (Å²) >= 11 is 0. The van der Waals surface area contributed by atoms with E-state index in [-0.39, 0.29) is 17.5 Å². The van der Waals surface area contributed by atoms with Gasteiger partial charge in [-0.15, -0.1) is 6.42 Å². The van der Waals surface area contributed by atoms with Gasteiger partial charge in [-0.2, -0.15) is 0 Å². The lowest BCUT2D eigenvalue weighted by molar-refractivity contribution is -0.128. The van der Waals surface area contributed by atoms with Crippen molar-refractivity contribution in [3.63, 3.8) is 0 Å². The molecule has 19 heavy (non-hydrogen) atoms. The van der Waals surface area contributed by atoms with E-state index in [0.29, 0.717) is 6.54 Å². The standard InChI is InChI=1S/C16H24N2O/c1-3-4-17-11(2)15(19)18-16-8-12-5-13(9-16)7-14(6-12)10-16/h1,11-14,17H,4-10H2,2H3,(H,18,19). The first-order valence-electron chi connectivity index (χ1n) is 7.59. The third kappa shape index (κ3) is 2.51. The second-order valence-electron chi connectivity index (χ2n) is 6.99. The maximum Gasteiger partial charge on any atom is 0.237 e. The first-order chi connectivity index (χ1) is 9.10. The number of rotatable bonds is 4. The van der Waals surface area contributed by atoms with Crippen LogP contribution in [-0.2, 0) is 4.79 Å². The van der Waals surface area contributed by atoms with Crippen LogP contribution in [0.15, 0.2) is 0 Å². The normalized spacial score (nSPS) is 40.7. The molecule has 0 aromatic heterocycles. The summed E-state index contributed by atoms with van der Waals surface area (Å²) in [7, 11) is 0. The minimum atomic E-state index is -0.191. The maximum atomic E-state index is 12.3. The Kier molecular flexibility index (Phi) is 3.30. The Labute approximate surface area is 115 Å². The quantitative estimate of drug-likeness (QED) is 0.755. The molecule has 1 amide bonds. The Morgan fingerprint density at radius 1 is 1.26 bits per heavy atom. The zero-order chi connectivity index (χ0) is 13.5. The summed E-state index contributed by atoms with van der Waals surface area (Å²) in [6.07, 6.45) is 13.0. The third-order valence-electron chi connectivity index (χ3n) is 5.33. The summed E-state index contributed by atoms with van der Waals surface area (Å²) < 4.78 is 0. The van der Waals surface area contributed by atoms with Gasteiger partial charge < -0.3 is 5.32 Å². The highest BCUT2D eigenvalue weighted by Crippen LogP contribution is 2.55. The summed E-state index contributed by atoms with van der Waals surface area (Å²) in [5, 5.41) is 6.43. The van der Waals surface area contributed by atoms with E-state index in [9.17, 15) is 4.79 Å². The largest absolute Gasteiger partial charge is 0.349 e. The summed E-state index contributed by atoms with van der Waals surface area (Å²) in [5.41, 5.74) is 0.109. The van der Waals surface area contributed by atoms with Crippen molar-refractivity contribution in [2.45, 2.75) is 57.0 Å². The molecule has 4 aliphatic rings. The van der Waals surface area contributed by atoms with Gasteiger partial charge in [-0.3, -0.25) is 10.1 Å². The summed E-state index contributed by atoms with van der Waals surface area (Å²) in [6.45, 7) is 2.35. The van der Waals surface area contributed by atoms with Gasteiger partial charge in [-0.1, -0.05) is 5.92 Å². The van der Waals surface area contributed by atoms with E-state index < -0.39 is 0 Å². The van der Waals surface area contributed by atoms with Gasteiger partial charge in [-0.25, -0.2) is 0 Å². The molecule has 1 unspecified atom stereocenters. The number of hydrogen-bond acceptors (Lipinski definition) is 2. The van der Waals surface area contributed by atoms with Crippen molar-refractivity contribution in [1.82, 2.24) is 10.6 Å². The van der Waals surface area contributed by atoms with Crippen LogP contribution in [0, 0.1) is 30.1 Å². The highest BCUT2D eigenvalue weighted by atomic mass is 16.2. The molecule has 3 heteroatoms. The van der Waals surface area contributed by atoms with Gasteiger partial charge in [0.15, 0.2) is 0 Å². The van der Waals surface area contributed by atoms with Gasteiger partial charge in [0.2, 0.25) is 5.91 Å². The fourth-order valence-corrected chi connectivity index (χ4v) is 4.94. The van der Waals surface area contributed by atoms with Crippen LogP contribution >= 0.6 is 0 Å². The minimum Gasteiger partial charge on any atom is -0.349 e. The third-order valence-corrected chi connectivity index (χ3v) is 5.33. The predicted molar refractivity (Wildman–Crippen MR) is 75.3 cm³/mol. The van der Waals surface area contributed by atoms with Crippen LogP contribution < -0.4 is 10.6 Å². The van der Waals surface area contributed by atoms with Crippen LogP contribution in [0.3, 0.4) is 0 Å². The molecule has 1 atom stereocenters. The van der Waals surface area contributed by atoms with Crippen molar-refractivity contribution in [3.8, 4) is 12.3 Å². The first-order valence-corrected chi connectivity index (χ1v) is 7.59. The second kappa shape index (κ2) is 4.83. The average molecular weight is 260 g/mol. The molecule has 104 valence electrons. The second-order valence-corrected chi connectivity index (χ2v) is 6.99. The zero-order valence-electron chi connectivity index (χ0n) is 11.7. The van der Waals surface area contributed by atoms with Gasteiger partial charge in [0, 0.05) is 5.54 Å². The number of carbonyl (C=O) groups is 1. The Balaban J connectivity index is 1.63. The van der Waals surface area contributed by atoms with Crippen molar-refractivity contribution < 1.29 is 4.79 Å². The lowest BCUT2D eigenvalue weighted by Crippen LogP contribution is -2.62. The van der Waals surface area contributed by atoms with E-state index in [1.165, 1.54) is 38.5 Å². The van der Waals surface area contributed by atoms with Crippen LogP contribution in [0.4, 0.5) is 0 Å². The molecule has 0 aliphatic heterocycles. The highest BCUT2D eigenvalue weighted by Gasteiger charge is 2.51. The van der Waals surface area contributed by atoms with Gasteiger partial charge in [0.1, 0.15) is 0 Å². The van der Waals surface area contributed by atoms with Gasteiger partial charge in [0.05, 0.1) is 12.6 Å². The van der Waals surface area contributed by atoms with Crippen LogP contribution in [0.25, 0.3) is 0 Å². The van der Waals surface area contributed by atoms with Crippen molar-refractivity contribution in [1.29, 1.82) is 0 Å². The van der Waals surface area contributed by atoms with Gasteiger partial charge in [0.25, 0.3) is 0 Å². The van der Waals surface area contributed by atoms with Crippen LogP contribution in [-0.4, -0.2) is 24.0 Å². The van der Waals surface area contributed by atoms with E-state index in [1.54, 1.807) is 0 Å². The van der Waals surface area contributed by atoms with E-state index in [0.717, 1.165) is 17.8 Å². The molecule has 0 heterocycles. The molecule has 4 fully saturated rings. The van der Waals surface area contributed by atoms with Crippen molar-refractivity contribution in [2.75, 3.05) is 6.54 Å². The molecular weight excluding hydrogens is 236 g/mol. The number of amides is 1. The van der Waals surface area contributed by atoms with E-state index in [4.69, 9.17) is 6.42 Å². The Hall–Kier alpha value is -1.01. The molecule has 0 radical (unpaired) electrons. The topological polar surface area (TPSA) is 41.1 Å².